The van der Waals surface area contributed by atoms with Gasteiger partial charge in [-0.3, -0.25) is 9.00 Å². The average Bonchev–Trinajstić information content (AvgIpc) is 3.33. The molecule has 6 heteroatoms. The largest absolute Gasteiger partial charge is 0.367 e. The van der Waals surface area contributed by atoms with Crippen LogP contribution in [0, 0.1) is 5.92 Å². The Kier molecular flexibility index (Phi) is 5.52. The molecule has 0 N–H and O–H groups in total. The monoisotopic (exact) mass is 452 g/mol. The molecule has 0 spiro atoms. The summed E-state index contributed by atoms with van der Waals surface area (Å²) in [5.41, 5.74) is 1.24. The van der Waals surface area contributed by atoms with Gasteiger partial charge in [-0.15, -0.1) is 11.3 Å². The molecule has 1 unspecified atom stereocenters. The molecule has 31 heavy (non-hydrogen) atoms. The summed E-state index contributed by atoms with van der Waals surface area (Å²) >= 11 is 1.72. The van der Waals surface area contributed by atoms with Crippen LogP contribution in [0.15, 0.2) is 60.0 Å². The predicted molar refractivity (Wildman–Crippen MR) is 133 cm³/mol. The summed E-state index contributed by atoms with van der Waals surface area (Å²) in [6.45, 7) is 2.32. The van der Waals surface area contributed by atoms with Crippen LogP contribution < -0.4 is 4.90 Å². The van der Waals surface area contributed by atoms with Gasteiger partial charge >= 0.3 is 0 Å². The van der Waals surface area contributed by atoms with E-state index in [9.17, 15) is 9.00 Å². The van der Waals surface area contributed by atoms with Crippen LogP contribution in [0.4, 0.5) is 5.69 Å². The van der Waals surface area contributed by atoms with E-state index < -0.39 is 9.52 Å². The van der Waals surface area contributed by atoms with E-state index in [2.05, 4.69) is 75.6 Å². The molecule has 3 aromatic rings. The Morgan fingerprint density at radius 1 is 1.00 bits per heavy atom. The zero-order chi connectivity index (χ0) is 21.4. The molecule has 162 valence electrons. The molecule has 2 saturated heterocycles. The van der Waals surface area contributed by atoms with Crippen molar-refractivity contribution < 1.29 is 9.00 Å². The molecule has 1 amide bonds. The van der Waals surface area contributed by atoms with E-state index in [1.165, 1.54) is 21.3 Å². The summed E-state index contributed by atoms with van der Waals surface area (Å²) in [6.07, 6.45) is 1.39. The topological polar surface area (TPSA) is 40.6 Å². The van der Waals surface area contributed by atoms with E-state index in [0.29, 0.717) is 30.9 Å². The summed E-state index contributed by atoms with van der Waals surface area (Å²) in [5, 5.41) is 4.59. The third-order valence-corrected chi connectivity index (χ3v) is 9.60. The number of carbonyl (C=O) groups is 1. The molecular weight excluding hydrogens is 424 g/mol. The quantitative estimate of drug-likeness (QED) is 0.553. The van der Waals surface area contributed by atoms with Crippen LogP contribution in [0.25, 0.3) is 10.8 Å². The van der Waals surface area contributed by atoms with Gasteiger partial charge in [0.2, 0.25) is 5.91 Å². The maximum absolute atomic E-state index is 13.5. The first-order valence-electron chi connectivity index (χ1n) is 10.9. The number of carbonyl (C=O) groups excluding carboxylic acids is 1. The second kappa shape index (κ2) is 8.32. The van der Waals surface area contributed by atoms with Crippen LogP contribution in [-0.4, -0.2) is 52.0 Å². The lowest BCUT2D eigenvalue weighted by atomic mass is 9.98. The number of piperazine rings is 1. The number of anilines is 1. The highest BCUT2D eigenvalue weighted by Gasteiger charge is 2.37. The molecule has 0 saturated carbocycles. The number of hydrogen-bond acceptors (Lipinski definition) is 4. The Bertz CT molecular complexity index is 1170. The van der Waals surface area contributed by atoms with Gasteiger partial charge in [0.25, 0.3) is 0 Å². The molecule has 5 rings (SSSR count). The molecule has 0 aliphatic carbocycles. The standard InChI is InChI=1S/C25H28N2O2S2/c1-31(29)16-11-20(12-17-31)25(28)27-14-13-26(18-23(27)24-10-5-15-30-24)22-9-4-7-19-6-2-3-8-21(19)22/h2-10,15,20,23H,1,11-14,16-18H2. The maximum Gasteiger partial charge on any atom is 0.226 e. The Morgan fingerprint density at radius 2 is 1.77 bits per heavy atom. The number of nitrogens with zero attached hydrogens (tertiary/aromatic N) is 2. The van der Waals surface area contributed by atoms with Crippen molar-refractivity contribution in [1.82, 2.24) is 4.90 Å². The highest BCUT2D eigenvalue weighted by Crippen LogP contribution is 2.36. The molecule has 2 aromatic carbocycles. The highest BCUT2D eigenvalue weighted by molar-refractivity contribution is 8.00. The van der Waals surface area contributed by atoms with Crippen LogP contribution in [0.5, 0.6) is 0 Å². The van der Waals surface area contributed by atoms with E-state index >= 15 is 0 Å². The number of amides is 1. The third-order valence-electron chi connectivity index (χ3n) is 6.67. The Balaban J connectivity index is 1.42. The summed E-state index contributed by atoms with van der Waals surface area (Å²) in [7, 11) is -1.98. The number of benzene rings is 2. The first-order chi connectivity index (χ1) is 15.0. The first-order valence-corrected chi connectivity index (χ1v) is 13.9. The summed E-state index contributed by atoms with van der Waals surface area (Å²) in [5.74, 6) is 5.21. The Morgan fingerprint density at radius 3 is 2.55 bits per heavy atom. The maximum atomic E-state index is 13.5. The number of fused-ring (bicyclic) bond motifs is 1. The summed E-state index contributed by atoms with van der Waals surface area (Å²) in [4.78, 5) is 19.3. The average molecular weight is 453 g/mol. The molecule has 0 radical (unpaired) electrons. The van der Waals surface area contributed by atoms with Crippen molar-refractivity contribution in [1.29, 1.82) is 0 Å². The lowest BCUT2D eigenvalue weighted by Crippen LogP contribution is -2.52. The van der Waals surface area contributed by atoms with Crippen LogP contribution in [-0.2, 0) is 14.3 Å². The van der Waals surface area contributed by atoms with Gasteiger partial charge in [-0.25, -0.2) is 0 Å². The molecule has 2 aliphatic rings. The Labute approximate surface area is 188 Å². The SMILES string of the molecule is C=S1(=O)CCC(C(=O)N2CCN(c3cccc4ccccc34)CC2c2cccs2)CC1. The molecule has 1 atom stereocenters. The van der Waals surface area contributed by atoms with E-state index in [-0.39, 0.29) is 17.9 Å². The normalized spacial score (nSPS) is 26.8. The fraction of sp³-hybridized carbons (Fsp3) is 0.360. The molecular formula is C25H28N2O2S2. The molecule has 4 nitrogen and oxygen atoms in total. The first kappa shape index (κ1) is 20.6. The van der Waals surface area contributed by atoms with E-state index in [1.54, 1.807) is 11.3 Å². The number of hydrogen-bond donors (Lipinski definition) is 0. The molecule has 2 aliphatic heterocycles. The fourth-order valence-corrected chi connectivity index (χ4v) is 7.38. The zero-order valence-electron chi connectivity index (χ0n) is 17.6. The second-order valence-electron chi connectivity index (χ2n) is 8.66. The smallest absolute Gasteiger partial charge is 0.226 e. The van der Waals surface area contributed by atoms with Gasteiger partial charge in [0.15, 0.2) is 0 Å². The minimum Gasteiger partial charge on any atom is -0.367 e. The van der Waals surface area contributed by atoms with Gasteiger partial charge < -0.3 is 9.80 Å². The van der Waals surface area contributed by atoms with Crippen molar-refractivity contribution in [2.75, 3.05) is 36.0 Å². The lowest BCUT2D eigenvalue weighted by Gasteiger charge is -2.44. The molecule has 3 heterocycles. The number of thiophene rings is 1. The minimum atomic E-state index is -1.98. The Hall–Kier alpha value is -2.31. The summed E-state index contributed by atoms with van der Waals surface area (Å²) < 4.78 is 12.3. The summed E-state index contributed by atoms with van der Waals surface area (Å²) in [6, 6.07) is 19.2. The molecule has 0 bridgehead atoms. The van der Waals surface area contributed by atoms with Crippen molar-refractivity contribution in [3.05, 3.63) is 64.9 Å². The van der Waals surface area contributed by atoms with Gasteiger partial charge in [0, 0.05) is 53.0 Å². The van der Waals surface area contributed by atoms with Gasteiger partial charge in [0.05, 0.1) is 6.04 Å². The van der Waals surface area contributed by atoms with Gasteiger partial charge in [-0.2, -0.15) is 0 Å². The minimum absolute atomic E-state index is 0.0251. The fourth-order valence-electron chi connectivity index (χ4n) is 4.92. The van der Waals surface area contributed by atoms with Gasteiger partial charge in [-0.05, 0) is 51.1 Å². The van der Waals surface area contributed by atoms with E-state index in [1.807, 2.05) is 0 Å². The van der Waals surface area contributed by atoms with E-state index in [0.717, 1.165) is 13.1 Å². The van der Waals surface area contributed by atoms with Crippen LogP contribution in [0.1, 0.15) is 23.8 Å². The van der Waals surface area contributed by atoms with Gasteiger partial charge in [0.1, 0.15) is 0 Å². The van der Waals surface area contributed by atoms with Crippen molar-refractivity contribution >= 4 is 49.1 Å². The van der Waals surface area contributed by atoms with Crippen molar-refractivity contribution in [2.24, 2.45) is 5.92 Å². The third kappa shape index (κ3) is 4.11. The van der Waals surface area contributed by atoms with Crippen LogP contribution in [0.3, 0.4) is 0 Å². The van der Waals surface area contributed by atoms with Crippen LogP contribution >= 0.6 is 11.3 Å². The lowest BCUT2D eigenvalue weighted by molar-refractivity contribution is -0.138. The molecule has 1 aromatic heterocycles. The molecule has 2 fully saturated rings. The van der Waals surface area contributed by atoms with Gasteiger partial charge in [-0.1, -0.05) is 42.5 Å². The predicted octanol–water partition coefficient (Wildman–Crippen LogP) is 4.42. The second-order valence-corrected chi connectivity index (χ2v) is 12.4. The van der Waals surface area contributed by atoms with Crippen molar-refractivity contribution in [2.45, 2.75) is 18.9 Å². The van der Waals surface area contributed by atoms with Crippen molar-refractivity contribution in [3.8, 4) is 0 Å². The highest BCUT2D eigenvalue weighted by atomic mass is 32.2. The van der Waals surface area contributed by atoms with Crippen LogP contribution in [0.2, 0.25) is 0 Å². The van der Waals surface area contributed by atoms with E-state index in [4.69, 9.17) is 0 Å². The van der Waals surface area contributed by atoms with Crippen molar-refractivity contribution in [3.63, 3.8) is 0 Å². The number of rotatable bonds is 3. The zero-order valence-corrected chi connectivity index (χ0v) is 19.2.